The molecule has 2 heteroatoms. The highest BCUT2D eigenvalue weighted by Crippen LogP contribution is 2.49. The lowest BCUT2D eigenvalue weighted by Crippen LogP contribution is -2.37. The lowest BCUT2D eigenvalue weighted by Gasteiger charge is -2.17. The Kier molecular flexibility index (Phi) is 6.05. The van der Waals surface area contributed by atoms with Gasteiger partial charge in [0.15, 0.2) is 0 Å². The molecule has 0 N–H and O–H groups in total. The quantitative estimate of drug-likeness (QED) is 0.125. The lowest BCUT2D eigenvalue weighted by molar-refractivity contribution is 1.18. The molecule has 0 aliphatic rings. The number of benzene rings is 12. The van der Waals surface area contributed by atoms with Crippen LogP contribution in [-0.2, 0) is 0 Å². The Bertz CT molecular complexity index is 3520. The van der Waals surface area contributed by atoms with Crippen LogP contribution in [0.2, 0.25) is 19.6 Å². The summed E-state index contributed by atoms with van der Waals surface area (Å²) in [7, 11) is -1.46. The first-order valence-corrected chi connectivity index (χ1v) is 23.7. The number of hydrogen-bond acceptors (Lipinski definition) is 0. The van der Waals surface area contributed by atoms with Gasteiger partial charge in [0, 0.05) is 16.5 Å². The third-order valence-corrected chi connectivity index (χ3v) is 15.3. The maximum absolute atomic E-state index is 2.51. The minimum absolute atomic E-state index is 1.21. The Morgan fingerprint density at radius 1 is 0.298 bits per heavy atom. The van der Waals surface area contributed by atoms with Gasteiger partial charge in [-0.05, 0) is 122 Å². The molecule has 0 aliphatic heterocycles. The summed E-state index contributed by atoms with van der Waals surface area (Å²) in [6.07, 6.45) is 0. The van der Waals surface area contributed by atoms with Crippen molar-refractivity contribution < 1.29 is 0 Å². The minimum Gasteiger partial charge on any atom is -0.309 e. The second kappa shape index (κ2) is 11.0. The zero-order valence-corrected chi connectivity index (χ0v) is 33.1. The summed E-state index contributed by atoms with van der Waals surface area (Å²) in [5.74, 6) is 0. The van der Waals surface area contributed by atoms with Gasteiger partial charge < -0.3 is 4.57 Å². The number of nitrogens with zero attached hydrogens (tertiary/aromatic N) is 1. The van der Waals surface area contributed by atoms with Gasteiger partial charge in [0.1, 0.15) is 0 Å². The van der Waals surface area contributed by atoms with E-state index >= 15 is 0 Å². The molecule has 0 saturated heterocycles. The summed E-state index contributed by atoms with van der Waals surface area (Å²) < 4.78 is 2.51. The summed E-state index contributed by atoms with van der Waals surface area (Å²) in [6, 6.07) is 64.9. The van der Waals surface area contributed by atoms with Gasteiger partial charge in [-0.2, -0.15) is 0 Å². The second-order valence-corrected chi connectivity index (χ2v) is 22.3. The molecular formula is C55H37NSi. The van der Waals surface area contributed by atoms with Crippen LogP contribution in [0, 0.1) is 0 Å². The van der Waals surface area contributed by atoms with Gasteiger partial charge in [-0.1, -0.05) is 170 Å². The van der Waals surface area contributed by atoms with E-state index in [-0.39, 0.29) is 0 Å². The molecule has 0 saturated carbocycles. The number of aromatic nitrogens is 1. The summed E-state index contributed by atoms with van der Waals surface area (Å²) in [6.45, 7) is 7.28. The lowest BCUT2D eigenvalue weighted by atomic mass is 9.86. The fourth-order valence-electron chi connectivity index (χ4n) is 10.6. The smallest absolute Gasteiger partial charge is 0.0775 e. The van der Waals surface area contributed by atoms with E-state index in [1.54, 1.807) is 0 Å². The molecule has 0 aliphatic carbocycles. The summed E-state index contributed by atoms with van der Waals surface area (Å²) in [4.78, 5) is 0. The van der Waals surface area contributed by atoms with Crippen LogP contribution in [0.3, 0.4) is 0 Å². The van der Waals surface area contributed by atoms with E-state index in [1.807, 2.05) is 0 Å². The van der Waals surface area contributed by atoms with Crippen molar-refractivity contribution in [1.82, 2.24) is 4.57 Å². The predicted octanol–water partition coefficient (Wildman–Crippen LogP) is 15.0. The monoisotopic (exact) mass is 739 g/mol. The Balaban J connectivity index is 1.13. The largest absolute Gasteiger partial charge is 0.309 e. The minimum atomic E-state index is -1.46. The van der Waals surface area contributed by atoms with Crippen LogP contribution in [0.1, 0.15) is 0 Å². The third-order valence-electron chi connectivity index (χ3n) is 13.2. The van der Waals surface area contributed by atoms with Crippen LogP contribution in [0.25, 0.3) is 125 Å². The maximum Gasteiger partial charge on any atom is 0.0775 e. The van der Waals surface area contributed by atoms with Gasteiger partial charge in [-0.25, -0.2) is 0 Å². The Morgan fingerprint density at radius 3 is 1.05 bits per heavy atom. The normalized spacial score (nSPS) is 12.8. The SMILES string of the molecule is C[Si](C)(C)c1ccc(-n2c3ccc(-c4ccc5ccc6cccc7ccc4c5c67)c4ccc5c(-c6ccc7ccc8cccc9ccc6c7c89)ccc2c5c43)cc1. The average Bonchev–Trinajstić information content (AvgIpc) is 3.59. The molecule has 1 nitrogen and oxygen atoms in total. The molecule has 1 aromatic heterocycles. The number of rotatable bonds is 4. The van der Waals surface area contributed by atoms with E-state index in [0.29, 0.717) is 0 Å². The first kappa shape index (κ1) is 31.5. The van der Waals surface area contributed by atoms with E-state index in [9.17, 15) is 0 Å². The van der Waals surface area contributed by atoms with E-state index in [2.05, 4.69) is 194 Å². The van der Waals surface area contributed by atoms with E-state index < -0.39 is 8.07 Å². The van der Waals surface area contributed by atoms with Gasteiger partial charge in [0.05, 0.1) is 19.1 Å². The predicted molar refractivity (Wildman–Crippen MR) is 251 cm³/mol. The highest BCUT2D eigenvalue weighted by atomic mass is 28.3. The zero-order chi connectivity index (χ0) is 37.7. The van der Waals surface area contributed by atoms with Gasteiger partial charge in [0.25, 0.3) is 0 Å². The molecule has 13 rings (SSSR count). The summed E-state index contributed by atoms with van der Waals surface area (Å²) >= 11 is 0. The second-order valence-electron chi connectivity index (χ2n) is 17.2. The molecule has 0 fully saturated rings. The van der Waals surface area contributed by atoms with E-state index in [0.717, 1.165) is 0 Å². The highest BCUT2D eigenvalue weighted by Gasteiger charge is 2.24. The summed E-state index contributed by atoms with van der Waals surface area (Å²) in [5, 5.41) is 22.6. The molecule has 0 atom stereocenters. The van der Waals surface area contributed by atoms with Gasteiger partial charge in [0.2, 0.25) is 0 Å². The molecule has 0 unspecified atom stereocenters. The van der Waals surface area contributed by atoms with Crippen molar-refractivity contribution in [2.75, 3.05) is 0 Å². The van der Waals surface area contributed by atoms with E-state index in [1.165, 1.54) is 130 Å². The van der Waals surface area contributed by atoms with Crippen molar-refractivity contribution in [2.24, 2.45) is 0 Å². The van der Waals surface area contributed by atoms with Crippen LogP contribution in [-0.4, -0.2) is 12.6 Å². The molecule has 12 aromatic carbocycles. The van der Waals surface area contributed by atoms with Crippen LogP contribution < -0.4 is 5.19 Å². The number of hydrogen-bond donors (Lipinski definition) is 0. The maximum atomic E-state index is 2.51. The molecule has 1 heterocycles. The van der Waals surface area contributed by atoms with Crippen molar-refractivity contribution in [3.05, 3.63) is 170 Å². The topological polar surface area (TPSA) is 4.93 Å². The average molecular weight is 740 g/mol. The Morgan fingerprint density at radius 2 is 0.632 bits per heavy atom. The Hall–Kier alpha value is -6.74. The van der Waals surface area contributed by atoms with Gasteiger partial charge in [-0.3, -0.25) is 0 Å². The Labute approximate surface area is 331 Å². The first-order chi connectivity index (χ1) is 27.9. The molecular weight excluding hydrogens is 703 g/mol. The molecule has 266 valence electrons. The molecule has 0 bridgehead atoms. The van der Waals surface area contributed by atoms with Crippen molar-refractivity contribution in [2.45, 2.75) is 19.6 Å². The van der Waals surface area contributed by atoms with Crippen LogP contribution in [0.4, 0.5) is 0 Å². The van der Waals surface area contributed by atoms with E-state index in [4.69, 9.17) is 0 Å². The molecule has 0 spiro atoms. The fraction of sp³-hybridized carbons (Fsp3) is 0.0545. The van der Waals surface area contributed by atoms with Gasteiger partial charge >= 0.3 is 0 Å². The van der Waals surface area contributed by atoms with Crippen molar-refractivity contribution in [1.29, 1.82) is 0 Å². The van der Waals surface area contributed by atoms with Crippen molar-refractivity contribution >= 4 is 110 Å². The van der Waals surface area contributed by atoms with Crippen LogP contribution >= 0.6 is 0 Å². The van der Waals surface area contributed by atoms with Crippen molar-refractivity contribution in [3.8, 4) is 27.9 Å². The standard InChI is InChI=1S/C55H37NSi/c1-57(2,3)39-20-18-38(19-21-39)56-48-30-28-42(40-22-14-36-12-10-32-6-4-8-34-16-24-44(40)52(36)50(32)34)46-26-27-47-43(29-31-49(56)55(47)54(46)48)41-23-15-37-13-11-33-7-5-9-35-17-25-45(41)53(37)51(33)35/h4-31H,1-3H3. The molecule has 13 aromatic rings. The van der Waals surface area contributed by atoms with Gasteiger partial charge in [-0.15, -0.1) is 0 Å². The summed E-state index contributed by atoms with van der Waals surface area (Å²) in [5.41, 5.74) is 8.85. The molecule has 57 heavy (non-hydrogen) atoms. The van der Waals surface area contributed by atoms with Crippen molar-refractivity contribution in [3.63, 3.8) is 0 Å². The van der Waals surface area contributed by atoms with Crippen LogP contribution in [0.15, 0.2) is 170 Å². The third kappa shape index (κ3) is 4.18. The highest BCUT2D eigenvalue weighted by molar-refractivity contribution is 6.88. The van der Waals surface area contributed by atoms with Crippen LogP contribution in [0.5, 0.6) is 0 Å². The first-order valence-electron chi connectivity index (χ1n) is 20.2. The zero-order valence-electron chi connectivity index (χ0n) is 32.1. The molecule has 0 radical (unpaired) electrons. The molecule has 0 amide bonds. The fourth-order valence-corrected chi connectivity index (χ4v) is 11.7.